The second-order valence-corrected chi connectivity index (χ2v) is 8.59. The number of amides is 2. The standard InChI is InChI=1S/C26H24N2O3S/c1-17-8-4-5-9-18(17)15-24-26(30)28(2)21-14-19(12-13-23(21)32-24)25(29)27-16-20-10-6-7-11-22(20)31-3/h4-15H,16H2,1-3H3,(H,27,29). The normalized spacial score (nSPS) is 14.3. The number of nitrogens with zero attached hydrogens (tertiary/aromatic N) is 1. The minimum absolute atomic E-state index is 0.0858. The number of carbonyl (C=O) groups excluding carboxylic acids is 2. The minimum atomic E-state index is -0.203. The number of carbonyl (C=O) groups is 2. The van der Waals surface area contributed by atoms with Gasteiger partial charge in [-0.3, -0.25) is 9.59 Å². The average molecular weight is 445 g/mol. The first-order valence-electron chi connectivity index (χ1n) is 10.3. The van der Waals surface area contributed by atoms with Gasteiger partial charge in [-0.25, -0.2) is 0 Å². The van der Waals surface area contributed by atoms with E-state index in [-0.39, 0.29) is 11.8 Å². The Morgan fingerprint density at radius 1 is 1.09 bits per heavy atom. The number of hydrogen-bond acceptors (Lipinski definition) is 4. The predicted molar refractivity (Wildman–Crippen MR) is 129 cm³/mol. The smallest absolute Gasteiger partial charge is 0.264 e. The van der Waals surface area contributed by atoms with Crippen LogP contribution in [0.2, 0.25) is 0 Å². The molecular formula is C26H24N2O3S. The number of methoxy groups -OCH3 is 1. The van der Waals surface area contributed by atoms with Crippen LogP contribution in [0.3, 0.4) is 0 Å². The fourth-order valence-electron chi connectivity index (χ4n) is 3.55. The molecule has 32 heavy (non-hydrogen) atoms. The number of ether oxygens (including phenoxy) is 1. The number of fused-ring (bicyclic) bond motifs is 1. The van der Waals surface area contributed by atoms with Gasteiger partial charge in [-0.1, -0.05) is 54.2 Å². The highest BCUT2D eigenvalue weighted by atomic mass is 32.2. The molecule has 5 nitrogen and oxygen atoms in total. The van der Waals surface area contributed by atoms with Crippen LogP contribution in [0.1, 0.15) is 27.0 Å². The number of nitrogens with one attached hydrogen (secondary N) is 1. The molecular weight excluding hydrogens is 420 g/mol. The lowest BCUT2D eigenvalue weighted by Crippen LogP contribution is -2.31. The zero-order chi connectivity index (χ0) is 22.7. The van der Waals surface area contributed by atoms with Crippen molar-refractivity contribution < 1.29 is 14.3 Å². The topological polar surface area (TPSA) is 58.6 Å². The third-order valence-electron chi connectivity index (χ3n) is 5.42. The maximum Gasteiger partial charge on any atom is 0.264 e. The largest absolute Gasteiger partial charge is 0.496 e. The van der Waals surface area contributed by atoms with Crippen molar-refractivity contribution >= 4 is 35.3 Å². The van der Waals surface area contributed by atoms with Gasteiger partial charge in [-0.15, -0.1) is 0 Å². The van der Waals surface area contributed by atoms with E-state index in [1.54, 1.807) is 31.2 Å². The molecule has 0 saturated heterocycles. The van der Waals surface area contributed by atoms with Crippen LogP contribution in [0.25, 0.3) is 6.08 Å². The number of aryl methyl sites for hydroxylation is 1. The summed E-state index contributed by atoms with van der Waals surface area (Å²) in [5.74, 6) is 0.441. The van der Waals surface area contributed by atoms with Gasteiger partial charge in [0.2, 0.25) is 0 Å². The molecule has 0 spiro atoms. The first kappa shape index (κ1) is 21.7. The van der Waals surface area contributed by atoms with Crippen LogP contribution in [-0.4, -0.2) is 26.0 Å². The summed E-state index contributed by atoms with van der Waals surface area (Å²) in [5.41, 5.74) is 4.27. The van der Waals surface area contributed by atoms with Gasteiger partial charge in [0, 0.05) is 29.6 Å². The second kappa shape index (κ2) is 9.32. The average Bonchev–Trinajstić information content (AvgIpc) is 2.82. The Hall–Kier alpha value is -3.51. The summed E-state index contributed by atoms with van der Waals surface area (Å²) in [6, 6.07) is 21.0. The summed E-state index contributed by atoms with van der Waals surface area (Å²) in [4.78, 5) is 28.9. The number of likely N-dealkylation sites (N-methyl/N-ethyl adjacent to an activating group) is 1. The van der Waals surface area contributed by atoms with Crippen molar-refractivity contribution in [1.82, 2.24) is 5.32 Å². The maximum atomic E-state index is 13.0. The van der Waals surface area contributed by atoms with Crippen LogP contribution in [0.15, 0.2) is 76.5 Å². The van der Waals surface area contributed by atoms with Crippen LogP contribution < -0.4 is 15.0 Å². The molecule has 6 heteroatoms. The van der Waals surface area contributed by atoms with Crippen LogP contribution in [-0.2, 0) is 11.3 Å². The van der Waals surface area contributed by atoms with Crippen molar-refractivity contribution in [2.24, 2.45) is 0 Å². The third-order valence-corrected chi connectivity index (χ3v) is 6.50. The highest BCUT2D eigenvalue weighted by Gasteiger charge is 2.27. The van der Waals surface area contributed by atoms with Gasteiger partial charge in [0.05, 0.1) is 17.7 Å². The Morgan fingerprint density at radius 3 is 2.62 bits per heavy atom. The Bertz CT molecular complexity index is 1220. The van der Waals surface area contributed by atoms with E-state index in [0.717, 1.165) is 33.0 Å². The molecule has 0 saturated carbocycles. The quantitative estimate of drug-likeness (QED) is 0.560. The molecule has 0 aromatic heterocycles. The van der Waals surface area contributed by atoms with E-state index in [2.05, 4.69) is 5.32 Å². The number of para-hydroxylation sites is 1. The van der Waals surface area contributed by atoms with Crippen molar-refractivity contribution in [3.8, 4) is 5.75 Å². The van der Waals surface area contributed by atoms with Crippen molar-refractivity contribution in [3.63, 3.8) is 0 Å². The fourth-order valence-corrected chi connectivity index (χ4v) is 4.64. The number of anilines is 1. The second-order valence-electron chi connectivity index (χ2n) is 7.51. The first-order valence-corrected chi connectivity index (χ1v) is 11.1. The summed E-state index contributed by atoms with van der Waals surface area (Å²) in [5, 5.41) is 2.93. The highest BCUT2D eigenvalue weighted by molar-refractivity contribution is 8.04. The number of hydrogen-bond donors (Lipinski definition) is 1. The maximum absolute atomic E-state index is 13.0. The summed E-state index contributed by atoms with van der Waals surface area (Å²) >= 11 is 1.43. The van der Waals surface area contributed by atoms with Crippen LogP contribution in [0.5, 0.6) is 5.75 Å². The molecule has 3 aromatic carbocycles. The number of benzene rings is 3. The van der Waals surface area contributed by atoms with Crippen molar-refractivity contribution in [2.45, 2.75) is 18.4 Å². The van der Waals surface area contributed by atoms with Crippen LogP contribution in [0, 0.1) is 6.92 Å². The van der Waals surface area contributed by atoms with Gasteiger partial charge < -0.3 is 15.0 Å². The Balaban J connectivity index is 1.54. The molecule has 0 aliphatic carbocycles. The van der Waals surface area contributed by atoms with Gasteiger partial charge in [0.15, 0.2) is 0 Å². The summed E-state index contributed by atoms with van der Waals surface area (Å²) in [6.45, 7) is 2.38. The van der Waals surface area contributed by atoms with E-state index in [4.69, 9.17) is 4.74 Å². The minimum Gasteiger partial charge on any atom is -0.496 e. The Labute approximate surface area is 192 Å². The molecule has 1 N–H and O–H groups in total. The number of thioether (sulfide) groups is 1. The van der Waals surface area contributed by atoms with Crippen molar-refractivity contribution in [1.29, 1.82) is 0 Å². The van der Waals surface area contributed by atoms with E-state index in [9.17, 15) is 9.59 Å². The van der Waals surface area contributed by atoms with E-state index in [0.29, 0.717) is 17.0 Å². The van der Waals surface area contributed by atoms with E-state index in [1.807, 2.05) is 67.6 Å². The summed E-state index contributed by atoms with van der Waals surface area (Å²) < 4.78 is 5.34. The molecule has 0 atom stereocenters. The molecule has 3 aromatic rings. The monoisotopic (exact) mass is 444 g/mol. The van der Waals surface area contributed by atoms with Crippen molar-refractivity contribution in [3.05, 3.63) is 93.9 Å². The van der Waals surface area contributed by atoms with Gasteiger partial charge in [-0.2, -0.15) is 0 Å². The lowest BCUT2D eigenvalue weighted by molar-refractivity contribution is -0.114. The Morgan fingerprint density at radius 2 is 1.84 bits per heavy atom. The molecule has 0 bridgehead atoms. The fraction of sp³-hybridized carbons (Fsp3) is 0.154. The zero-order valence-corrected chi connectivity index (χ0v) is 19.0. The molecule has 0 fully saturated rings. The van der Waals surface area contributed by atoms with Crippen LogP contribution >= 0.6 is 11.8 Å². The lowest BCUT2D eigenvalue weighted by atomic mass is 10.1. The molecule has 0 radical (unpaired) electrons. The van der Waals surface area contributed by atoms with E-state index < -0.39 is 0 Å². The predicted octanol–water partition coefficient (Wildman–Crippen LogP) is 5.04. The molecule has 1 aliphatic heterocycles. The molecule has 0 unspecified atom stereocenters. The molecule has 1 aliphatic rings. The van der Waals surface area contributed by atoms with Crippen LogP contribution in [0.4, 0.5) is 5.69 Å². The number of rotatable bonds is 5. The highest BCUT2D eigenvalue weighted by Crippen LogP contribution is 2.42. The van der Waals surface area contributed by atoms with E-state index in [1.165, 1.54) is 11.8 Å². The van der Waals surface area contributed by atoms with Gasteiger partial charge in [0.25, 0.3) is 11.8 Å². The van der Waals surface area contributed by atoms with Gasteiger partial charge in [-0.05, 0) is 48.4 Å². The lowest BCUT2D eigenvalue weighted by Gasteiger charge is -2.27. The van der Waals surface area contributed by atoms with E-state index >= 15 is 0 Å². The SMILES string of the molecule is COc1ccccc1CNC(=O)c1ccc2c(c1)N(C)C(=O)C(=Cc1ccccc1C)S2. The molecule has 162 valence electrons. The third kappa shape index (κ3) is 4.41. The molecule has 4 rings (SSSR count). The molecule has 2 amide bonds. The summed E-state index contributed by atoms with van der Waals surface area (Å²) in [6.07, 6.45) is 1.93. The molecule has 1 heterocycles. The zero-order valence-electron chi connectivity index (χ0n) is 18.2. The van der Waals surface area contributed by atoms with Gasteiger partial charge in [0.1, 0.15) is 5.75 Å². The Kier molecular flexibility index (Phi) is 6.32. The summed E-state index contributed by atoms with van der Waals surface area (Å²) in [7, 11) is 3.35. The first-order chi connectivity index (χ1) is 15.5. The van der Waals surface area contributed by atoms with Crippen molar-refractivity contribution in [2.75, 3.05) is 19.1 Å². The van der Waals surface area contributed by atoms with Gasteiger partial charge >= 0.3 is 0 Å².